The van der Waals surface area contributed by atoms with Crippen LogP contribution in [0.25, 0.3) is 0 Å². The maximum Gasteiger partial charge on any atom is 0.490 e. The number of carboxylic acids is 1. The number of amides is 1. The van der Waals surface area contributed by atoms with Crippen molar-refractivity contribution in [3.8, 4) is 0 Å². The molecule has 1 aromatic rings. The average molecular weight is 488 g/mol. The second-order valence-corrected chi connectivity index (χ2v) is 10.3. The minimum atomic E-state index is -5.08. The smallest absolute Gasteiger partial charge is 0.475 e. The number of thiophene rings is 1. The molecule has 0 bridgehead atoms. The number of halogens is 3. The van der Waals surface area contributed by atoms with Gasteiger partial charge in [0.2, 0.25) is 5.91 Å². The van der Waals surface area contributed by atoms with Gasteiger partial charge in [-0.2, -0.15) is 17.5 Å². The molecule has 0 radical (unpaired) electrons. The number of aliphatic carboxylic acids is 1. The molecule has 1 fully saturated rings. The second kappa shape index (κ2) is 12.4. The number of nitrogens with zero attached hydrogens (tertiary/aromatic N) is 2. The lowest BCUT2D eigenvalue weighted by atomic mass is 10.1. The maximum atomic E-state index is 12.8. The molecule has 2 N–H and O–H groups in total. The largest absolute Gasteiger partial charge is 0.490 e. The number of sulfonamides is 1. The summed E-state index contributed by atoms with van der Waals surface area (Å²) in [6, 6.07) is 3.37. The average Bonchev–Trinajstić information content (AvgIpc) is 3.23. The molecule has 2 rings (SSSR count). The molecule has 0 unspecified atom stereocenters. The summed E-state index contributed by atoms with van der Waals surface area (Å²) >= 11 is 1.22. The van der Waals surface area contributed by atoms with Gasteiger partial charge in [0.05, 0.1) is 0 Å². The lowest BCUT2D eigenvalue weighted by Gasteiger charge is -2.29. The van der Waals surface area contributed by atoms with Gasteiger partial charge in [0.15, 0.2) is 0 Å². The SMILES string of the molecule is CC(C)CCN(CCC(=O)N1CCNCC1)S(=O)(=O)c1cccs1.O=C(O)C(F)(F)F. The Morgan fingerprint density at radius 2 is 1.84 bits per heavy atom. The van der Waals surface area contributed by atoms with Crippen molar-refractivity contribution in [2.75, 3.05) is 39.3 Å². The van der Waals surface area contributed by atoms with Gasteiger partial charge < -0.3 is 15.3 Å². The van der Waals surface area contributed by atoms with E-state index in [4.69, 9.17) is 9.90 Å². The highest BCUT2D eigenvalue weighted by atomic mass is 32.2. The van der Waals surface area contributed by atoms with Gasteiger partial charge in [-0.3, -0.25) is 4.79 Å². The Morgan fingerprint density at radius 3 is 2.29 bits per heavy atom. The zero-order valence-corrected chi connectivity index (χ0v) is 19.0. The molecule has 13 heteroatoms. The van der Waals surface area contributed by atoms with Gasteiger partial charge in [-0.1, -0.05) is 19.9 Å². The molecule has 178 valence electrons. The van der Waals surface area contributed by atoms with Crippen LogP contribution in [-0.2, 0) is 19.6 Å². The minimum absolute atomic E-state index is 0.0347. The van der Waals surface area contributed by atoms with E-state index in [9.17, 15) is 26.4 Å². The Kier molecular flexibility index (Phi) is 10.9. The first-order valence-corrected chi connectivity index (χ1v) is 12.0. The number of rotatable bonds is 8. The number of piperazine rings is 1. The molecule has 1 aliphatic heterocycles. The van der Waals surface area contributed by atoms with E-state index in [1.165, 1.54) is 15.6 Å². The number of nitrogens with one attached hydrogen (secondary N) is 1. The van der Waals surface area contributed by atoms with Gasteiger partial charge >= 0.3 is 12.1 Å². The predicted molar refractivity (Wildman–Crippen MR) is 110 cm³/mol. The molecule has 8 nitrogen and oxygen atoms in total. The zero-order chi connectivity index (χ0) is 23.7. The Morgan fingerprint density at radius 1 is 1.26 bits per heavy atom. The van der Waals surface area contributed by atoms with Gasteiger partial charge in [0.1, 0.15) is 4.21 Å². The Labute approximate surface area is 184 Å². The third-order valence-electron chi connectivity index (χ3n) is 4.33. The molecule has 31 heavy (non-hydrogen) atoms. The van der Waals surface area contributed by atoms with Crippen LogP contribution in [0.1, 0.15) is 26.7 Å². The van der Waals surface area contributed by atoms with Crippen molar-refractivity contribution in [2.24, 2.45) is 5.92 Å². The van der Waals surface area contributed by atoms with E-state index in [0.29, 0.717) is 29.8 Å². The topological polar surface area (TPSA) is 107 Å². The molecule has 1 saturated heterocycles. The fourth-order valence-electron chi connectivity index (χ4n) is 2.58. The van der Waals surface area contributed by atoms with Crippen molar-refractivity contribution < 1.29 is 36.3 Å². The fraction of sp³-hybridized carbons (Fsp3) is 0.667. The quantitative estimate of drug-likeness (QED) is 0.583. The van der Waals surface area contributed by atoms with Crippen molar-refractivity contribution in [3.05, 3.63) is 17.5 Å². The lowest BCUT2D eigenvalue weighted by Crippen LogP contribution is -2.47. The third kappa shape index (κ3) is 9.54. The highest BCUT2D eigenvalue weighted by Crippen LogP contribution is 2.22. The minimum Gasteiger partial charge on any atom is -0.475 e. The molecule has 0 aliphatic carbocycles. The Bertz CT molecular complexity index is 793. The number of carboxylic acid groups (broad SMARTS) is 1. The molecular weight excluding hydrogens is 459 g/mol. The van der Waals surface area contributed by atoms with Gasteiger partial charge in [0.25, 0.3) is 10.0 Å². The second-order valence-electron chi connectivity index (χ2n) is 7.20. The van der Waals surface area contributed by atoms with Crippen LogP contribution < -0.4 is 5.32 Å². The van der Waals surface area contributed by atoms with Crippen LogP contribution in [0.15, 0.2) is 21.7 Å². The number of carbonyl (C=O) groups excluding carboxylic acids is 1. The first kappa shape index (κ1) is 27.3. The van der Waals surface area contributed by atoms with Crippen LogP contribution in [0.5, 0.6) is 0 Å². The summed E-state index contributed by atoms with van der Waals surface area (Å²) in [4.78, 5) is 23.0. The van der Waals surface area contributed by atoms with Crippen molar-refractivity contribution in [2.45, 2.75) is 37.1 Å². The number of carbonyl (C=O) groups is 2. The van der Waals surface area contributed by atoms with Crippen LogP contribution in [0.2, 0.25) is 0 Å². The van der Waals surface area contributed by atoms with E-state index in [1.807, 2.05) is 4.90 Å². The molecule has 1 aliphatic rings. The lowest BCUT2D eigenvalue weighted by molar-refractivity contribution is -0.192. The van der Waals surface area contributed by atoms with E-state index in [2.05, 4.69) is 19.2 Å². The van der Waals surface area contributed by atoms with Crippen LogP contribution in [0, 0.1) is 5.92 Å². The summed E-state index contributed by atoms with van der Waals surface area (Å²) in [6.45, 7) is 7.84. The van der Waals surface area contributed by atoms with E-state index in [-0.39, 0.29) is 18.9 Å². The molecular formula is C18H28F3N3O5S2. The summed E-state index contributed by atoms with van der Waals surface area (Å²) in [6.07, 6.45) is -4.06. The van der Waals surface area contributed by atoms with Gasteiger partial charge in [-0.25, -0.2) is 13.2 Å². The van der Waals surface area contributed by atoms with Gasteiger partial charge in [-0.05, 0) is 23.8 Å². The zero-order valence-electron chi connectivity index (χ0n) is 17.4. The highest BCUT2D eigenvalue weighted by Gasteiger charge is 2.38. The fourth-order valence-corrected chi connectivity index (χ4v) is 5.18. The normalized spacial score (nSPS) is 15.0. The summed E-state index contributed by atoms with van der Waals surface area (Å²) < 4.78 is 59.1. The maximum absolute atomic E-state index is 12.8. The number of hydrogen-bond donors (Lipinski definition) is 2. The molecule has 2 heterocycles. The number of hydrogen-bond acceptors (Lipinski definition) is 6. The van der Waals surface area contributed by atoms with E-state index < -0.39 is 22.2 Å². The van der Waals surface area contributed by atoms with Crippen molar-refractivity contribution in [1.82, 2.24) is 14.5 Å². The summed E-state index contributed by atoms with van der Waals surface area (Å²) in [5.41, 5.74) is 0. The van der Waals surface area contributed by atoms with E-state index >= 15 is 0 Å². The van der Waals surface area contributed by atoms with Crippen LogP contribution in [0.3, 0.4) is 0 Å². The number of alkyl halides is 3. The molecule has 0 atom stereocenters. The first-order chi connectivity index (χ1) is 14.4. The van der Waals surface area contributed by atoms with Gasteiger partial charge in [-0.15, -0.1) is 11.3 Å². The predicted octanol–water partition coefficient (Wildman–Crippen LogP) is 2.24. The van der Waals surface area contributed by atoms with Crippen molar-refractivity contribution in [3.63, 3.8) is 0 Å². The molecule has 0 saturated carbocycles. The summed E-state index contributed by atoms with van der Waals surface area (Å²) in [5.74, 6) is -2.31. The van der Waals surface area contributed by atoms with Crippen LogP contribution >= 0.6 is 11.3 Å². The van der Waals surface area contributed by atoms with Crippen LogP contribution in [0.4, 0.5) is 13.2 Å². The van der Waals surface area contributed by atoms with E-state index in [0.717, 1.165) is 19.5 Å². The monoisotopic (exact) mass is 487 g/mol. The van der Waals surface area contributed by atoms with Gasteiger partial charge in [0, 0.05) is 45.7 Å². The van der Waals surface area contributed by atoms with E-state index in [1.54, 1.807) is 17.5 Å². The molecule has 1 amide bonds. The first-order valence-electron chi connectivity index (χ1n) is 9.68. The molecule has 0 aromatic carbocycles. The summed E-state index contributed by atoms with van der Waals surface area (Å²) in [5, 5.41) is 12.1. The Balaban J connectivity index is 0.000000592. The third-order valence-corrected chi connectivity index (χ3v) is 7.60. The standard InChI is InChI=1S/C16H27N3O3S2.C2HF3O2/c1-14(2)5-9-19(24(21,22)16-4-3-13-23-16)10-6-15(20)18-11-7-17-8-12-18;3-2(4,5)1(6)7/h3-4,13-14,17H,5-12H2,1-2H3;(H,6,7). The van der Waals surface area contributed by atoms with Crippen LogP contribution in [-0.4, -0.2) is 80.1 Å². The summed E-state index contributed by atoms with van der Waals surface area (Å²) in [7, 11) is -3.51. The molecule has 0 spiro atoms. The van der Waals surface area contributed by atoms with Crippen molar-refractivity contribution >= 4 is 33.2 Å². The van der Waals surface area contributed by atoms with Crippen molar-refractivity contribution in [1.29, 1.82) is 0 Å². The Hall–Kier alpha value is -1.70. The highest BCUT2D eigenvalue weighted by molar-refractivity contribution is 7.91. The molecule has 1 aromatic heterocycles.